The van der Waals surface area contributed by atoms with Gasteiger partial charge in [-0.05, 0) is 12.1 Å². The molecule has 0 aliphatic rings. The molecule has 2 aromatic rings. The molecule has 2 heterocycles. The van der Waals surface area contributed by atoms with Crippen LogP contribution in [0.1, 0.15) is 10.4 Å². The normalized spacial score (nSPS) is 9.71. The highest BCUT2D eigenvalue weighted by Gasteiger charge is 1.97. The number of carbonyl (C=O) groups excluding carboxylic acids is 1. The monoisotopic (exact) mass is 205 g/mol. The maximum Gasteiger partial charge on any atom is 0.188 e. The standard InChI is InChI=1S/C9H7N3OS/c13-6-7-1-2-8(11-5-7)12-9-10-3-4-14-9/h1-6H,(H,10,11,12). The predicted molar refractivity (Wildman–Crippen MR) is 55.0 cm³/mol. The SMILES string of the molecule is O=Cc1ccc(Nc2nccs2)nc1. The van der Waals surface area contributed by atoms with E-state index in [2.05, 4.69) is 15.3 Å². The van der Waals surface area contributed by atoms with Gasteiger partial charge in [0.05, 0.1) is 0 Å². The van der Waals surface area contributed by atoms with Crippen LogP contribution in [0.5, 0.6) is 0 Å². The highest BCUT2D eigenvalue weighted by Crippen LogP contribution is 2.16. The molecule has 0 amide bonds. The molecule has 0 bridgehead atoms. The van der Waals surface area contributed by atoms with Crippen LogP contribution >= 0.6 is 11.3 Å². The lowest BCUT2D eigenvalue weighted by atomic mass is 10.3. The van der Waals surface area contributed by atoms with Crippen molar-refractivity contribution in [3.8, 4) is 0 Å². The molecule has 0 saturated carbocycles. The van der Waals surface area contributed by atoms with Crippen molar-refractivity contribution in [2.24, 2.45) is 0 Å². The number of aromatic nitrogens is 2. The zero-order valence-corrected chi connectivity index (χ0v) is 7.99. The van der Waals surface area contributed by atoms with Gasteiger partial charge in [0.25, 0.3) is 0 Å². The molecule has 0 unspecified atom stereocenters. The summed E-state index contributed by atoms with van der Waals surface area (Å²) in [7, 11) is 0. The second kappa shape index (κ2) is 3.97. The summed E-state index contributed by atoms with van der Waals surface area (Å²) in [5, 5.41) is 5.68. The van der Waals surface area contributed by atoms with Crippen LogP contribution in [0.3, 0.4) is 0 Å². The van der Waals surface area contributed by atoms with Crippen LogP contribution in [-0.4, -0.2) is 16.3 Å². The molecule has 0 saturated heterocycles. The van der Waals surface area contributed by atoms with Crippen molar-refractivity contribution in [2.45, 2.75) is 0 Å². The maximum atomic E-state index is 10.4. The Labute approximate surface area is 84.6 Å². The molecule has 14 heavy (non-hydrogen) atoms. The van der Waals surface area contributed by atoms with Gasteiger partial charge < -0.3 is 5.32 Å². The zero-order valence-electron chi connectivity index (χ0n) is 7.18. The number of nitrogens with zero attached hydrogens (tertiary/aromatic N) is 2. The first-order valence-electron chi connectivity index (χ1n) is 3.96. The molecule has 0 aliphatic heterocycles. The molecule has 2 aromatic heterocycles. The lowest BCUT2D eigenvalue weighted by molar-refractivity contribution is 0.112. The Morgan fingerprint density at radius 1 is 1.36 bits per heavy atom. The molecule has 5 heteroatoms. The van der Waals surface area contributed by atoms with Gasteiger partial charge in [-0.1, -0.05) is 0 Å². The topological polar surface area (TPSA) is 54.9 Å². The Kier molecular flexibility index (Phi) is 2.51. The fourth-order valence-electron chi connectivity index (χ4n) is 0.944. The van der Waals surface area contributed by atoms with Gasteiger partial charge in [-0.25, -0.2) is 9.97 Å². The van der Waals surface area contributed by atoms with E-state index in [4.69, 9.17) is 0 Å². The Morgan fingerprint density at radius 3 is 2.86 bits per heavy atom. The predicted octanol–water partition coefficient (Wildman–Crippen LogP) is 2.09. The number of nitrogens with one attached hydrogen (secondary N) is 1. The fourth-order valence-corrected chi connectivity index (χ4v) is 1.48. The highest BCUT2D eigenvalue weighted by molar-refractivity contribution is 7.13. The van der Waals surface area contributed by atoms with Crippen molar-refractivity contribution in [3.63, 3.8) is 0 Å². The van der Waals surface area contributed by atoms with Gasteiger partial charge in [0.2, 0.25) is 0 Å². The van der Waals surface area contributed by atoms with E-state index in [0.717, 1.165) is 11.4 Å². The number of aldehydes is 1. The van der Waals surface area contributed by atoms with Gasteiger partial charge in [-0.3, -0.25) is 4.79 Å². The van der Waals surface area contributed by atoms with Crippen molar-refractivity contribution < 1.29 is 4.79 Å². The summed E-state index contributed by atoms with van der Waals surface area (Å²) in [5.74, 6) is 0.686. The summed E-state index contributed by atoms with van der Waals surface area (Å²) >= 11 is 1.50. The van der Waals surface area contributed by atoms with E-state index in [1.807, 2.05) is 5.38 Å². The van der Waals surface area contributed by atoms with Gasteiger partial charge >= 0.3 is 0 Å². The minimum absolute atomic E-state index is 0.565. The third kappa shape index (κ3) is 1.94. The summed E-state index contributed by atoms with van der Waals surface area (Å²) in [6.07, 6.45) is 4.00. The Morgan fingerprint density at radius 2 is 2.29 bits per heavy atom. The number of pyridine rings is 1. The molecule has 0 fully saturated rings. The summed E-state index contributed by atoms with van der Waals surface area (Å²) in [5.41, 5.74) is 0.565. The molecule has 0 aromatic carbocycles. The minimum atomic E-state index is 0.565. The van der Waals surface area contributed by atoms with Gasteiger partial charge in [0, 0.05) is 23.3 Å². The lowest BCUT2D eigenvalue weighted by Gasteiger charge is -2.00. The molecular weight excluding hydrogens is 198 g/mol. The van der Waals surface area contributed by atoms with Crippen LogP contribution in [0.4, 0.5) is 10.9 Å². The van der Waals surface area contributed by atoms with Crippen LogP contribution in [0, 0.1) is 0 Å². The highest BCUT2D eigenvalue weighted by atomic mass is 32.1. The third-order valence-electron chi connectivity index (χ3n) is 1.59. The zero-order chi connectivity index (χ0) is 9.80. The average Bonchev–Trinajstić information content (AvgIpc) is 2.72. The van der Waals surface area contributed by atoms with Crippen molar-refractivity contribution in [1.29, 1.82) is 0 Å². The molecule has 1 N–H and O–H groups in total. The average molecular weight is 205 g/mol. The summed E-state index contributed by atoms with van der Waals surface area (Å²) in [6.45, 7) is 0. The van der Waals surface area contributed by atoms with E-state index in [0.29, 0.717) is 11.4 Å². The van der Waals surface area contributed by atoms with Gasteiger partial charge in [0.1, 0.15) is 5.82 Å². The number of carbonyl (C=O) groups is 1. The Hall–Kier alpha value is -1.75. The number of thiazole rings is 1. The largest absolute Gasteiger partial charge is 0.316 e. The fraction of sp³-hybridized carbons (Fsp3) is 0. The van der Waals surface area contributed by atoms with Crippen LogP contribution in [-0.2, 0) is 0 Å². The van der Waals surface area contributed by atoms with Gasteiger partial charge in [-0.2, -0.15) is 0 Å². The summed E-state index contributed by atoms with van der Waals surface area (Å²) in [6, 6.07) is 3.45. The van der Waals surface area contributed by atoms with E-state index in [1.165, 1.54) is 17.5 Å². The molecule has 2 rings (SSSR count). The molecule has 70 valence electrons. The van der Waals surface area contributed by atoms with E-state index >= 15 is 0 Å². The Bertz CT molecular complexity index is 410. The number of rotatable bonds is 3. The molecule has 0 radical (unpaired) electrons. The number of hydrogen-bond donors (Lipinski definition) is 1. The number of hydrogen-bond acceptors (Lipinski definition) is 5. The molecular formula is C9H7N3OS. The molecule has 0 spiro atoms. The minimum Gasteiger partial charge on any atom is -0.316 e. The molecule has 4 nitrogen and oxygen atoms in total. The first kappa shape index (κ1) is 8.83. The van der Waals surface area contributed by atoms with E-state index in [-0.39, 0.29) is 0 Å². The quantitative estimate of drug-likeness (QED) is 0.779. The third-order valence-corrected chi connectivity index (χ3v) is 2.28. The van der Waals surface area contributed by atoms with Crippen molar-refractivity contribution >= 4 is 28.6 Å². The summed E-state index contributed by atoms with van der Waals surface area (Å²) < 4.78 is 0. The molecule has 0 aliphatic carbocycles. The molecule has 0 atom stereocenters. The van der Waals surface area contributed by atoms with E-state index in [9.17, 15) is 4.79 Å². The summed E-state index contributed by atoms with van der Waals surface area (Å²) in [4.78, 5) is 18.5. The van der Waals surface area contributed by atoms with Crippen LogP contribution in [0.15, 0.2) is 29.9 Å². The van der Waals surface area contributed by atoms with Crippen molar-refractivity contribution in [1.82, 2.24) is 9.97 Å². The lowest BCUT2D eigenvalue weighted by Crippen LogP contribution is -1.93. The number of anilines is 2. The second-order valence-electron chi connectivity index (χ2n) is 2.56. The maximum absolute atomic E-state index is 10.4. The first-order valence-corrected chi connectivity index (χ1v) is 4.84. The Balaban J connectivity index is 2.14. The van der Waals surface area contributed by atoms with Gasteiger partial charge in [-0.15, -0.1) is 11.3 Å². The van der Waals surface area contributed by atoms with Crippen LogP contribution in [0.25, 0.3) is 0 Å². The van der Waals surface area contributed by atoms with Crippen LogP contribution in [0.2, 0.25) is 0 Å². The van der Waals surface area contributed by atoms with Gasteiger partial charge in [0.15, 0.2) is 11.4 Å². The van der Waals surface area contributed by atoms with Crippen molar-refractivity contribution in [3.05, 3.63) is 35.5 Å². The van der Waals surface area contributed by atoms with E-state index in [1.54, 1.807) is 18.3 Å². The second-order valence-corrected chi connectivity index (χ2v) is 3.45. The first-order chi connectivity index (χ1) is 6.88. The van der Waals surface area contributed by atoms with E-state index < -0.39 is 0 Å². The van der Waals surface area contributed by atoms with Crippen LogP contribution < -0.4 is 5.32 Å². The van der Waals surface area contributed by atoms with Crippen molar-refractivity contribution in [2.75, 3.05) is 5.32 Å². The smallest absolute Gasteiger partial charge is 0.188 e.